The molecule has 6 heteroatoms. The Morgan fingerprint density at radius 2 is 1.56 bits per heavy atom. The van der Waals surface area contributed by atoms with Gasteiger partial charge in [0, 0.05) is 25.2 Å². The van der Waals surface area contributed by atoms with E-state index in [1.54, 1.807) is 7.11 Å². The maximum Gasteiger partial charge on any atom is 0.213 e. The van der Waals surface area contributed by atoms with E-state index >= 15 is 0 Å². The smallest absolute Gasteiger partial charge is 0.213 e. The van der Waals surface area contributed by atoms with Crippen molar-refractivity contribution in [3.05, 3.63) is 114 Å². The van der Waals surface area contributed by atoms with Gasteiger partial charge in [-0.3, -0.25) is 4.90 Å². The van der Waals surface area contributed by atoms with Crippen LogP contribution in [0.4, 0.5) is 0 Å². The molecular formula is C28H30N4O2. The van der Waals surface area contributed by atoms with Crippen LogP contribution in [0.2, 0.25) is 0 Å². The van der Waals surface area contributed by atoms with Crippen LogP contribution < -0.4 is 10.1 Å². The standard InChI is InChI=1S/C28H30N4O2/c1-32-19-27(18-29-20-32,26-30-21-34-31-26)17-28(22-9-5-3-6-10-22,23-11-7-4-8-12-23)24-13-15-25(33-2)16-14-24/h3-16,21,29H,17-20H2,1-2H3. The largest absolute Gasteiger partial charge is 0.497 e. The summed E-state index contributed by atoms with van der Waals surface area (Å²) < 4.78 is 10.8. The van der Waals surface area contributed by atoms with E-state index in [1.807, 2.05) is 12.1 Å². The van der Waals surface area contributed by atoms with Gasteiger partial charge in [-0.05, 0) is 42.3 Å². The van der Waals surface area contributed by atoms with Crippen molar-refractivity contribution in [3.8, 4) is 5.75 Å². The number of nitrogens with one attached hydrogen (secondary N) is 1. The van der Waals surface area contributed by atoms with E-state index in [-0.39, 0.29) is 5.41 Å². The third-order valence-corrected chi connectivity index (χ3v) is 6.97. The minimum absolute atomic E-state index is 0.369. The molecule has 0 radical (unpaired) electrons. The zero-order chi connectivity index (χ0) is 23.4. The normalized spacial score (nSPS) is 19.1. The van der Waals surface area contributed by atoms with E-state index in [0.29, 0.717) is 0 Å². The quantitative estimate of drug-likeness (QED) is 0.422. The first-order valence-corrected chi connectivity index (χ1v) is 11.6. The topological polar surface area (TPSA) is 63.4 Å². The van der Waals surface area contributed by atoms with Gasteiger partial charge in [0.25, 0.3) is 0 Å². The summed E-state index contributed by atoms with van der Waals surface area (Å²) in [5.41, 5.74) is 2.83. The Bertz CT molecular complexity index is 1140. The Kier molecular flexibility index (Phi) is 6.18. The molecule has 0 aliphatic carbocycles. The number of likely N-dealkylation sites (N-methyl/N-ethyl adjacent to an activating group) is 1. The van der Waals surface area contributed by atoms with Crippen LogP contribution in [0.3, 0.4) is 0 Å². The highest BCUT2D eigenvalue weighted by molar-refractivity contribution is 5.52. The Balaban J connectivity index is 1.77. The Morgan fingerprint density at radius 1 is 0.941 bits per heavy atom. The number of aromatic nitrogens is 2. The summed E-state index contributed by atoms with van der Waals surface area (Å²) in [6, 6.07) is 29.9. The summed E-state index contributed by atoms with van der Waals surface area (Å²) in [6.45, 7) is 2.40. The molecule has 0 saturated carbocycles. The van der Waals surface area contributed by atoms with E-state index in [1.165, 1.54) is 23.1 Å². The minimum Gasteiger partial charge on any atom is -0.497 e. The van der Waals surface area contributed by atoms with Gasteiger partial charge in [-0.1, -0.05) is 78.0 Å². The van der Waals surface area contributed by atoms with Crippen molar-refractivity contribution in [2.75, 3.05) is 33.9 Å². The maximum atomic E-state index is 5.49. The fourth-order valence-electron chi connectivity index (χ4n) is 5.50. The van der Waals surface area contributed by atoms with Crippen molar-refractivity contribution in [1.82, 2.24) is 20.4 Å². The van der Waals surface area contributed by atoms with Crippen molar-refractivity contribution in [3.63, 3.8) is 0 Å². The molecule has 1 saturated heterocycles. The lowest BCUT2D eigenvalue weighted by molar-refractivity contribution is 0.139. The second-order valence-corrected chi connectivity index (χ2v) is 9.18. The first-order chi connectivity index (χ1) is 16.7. The third kappa shape index (κ3) is 4.00. The molecule has 6 nitrogen and oxygen atoms in total. The molecule has 0 bridgehead atoms. The van der Waals surface area contributed by atoms with E-state index in [9.17, 15) is 0 Å². The Labute approximate surface area is 200 Å². The van der Waals surface area contributed by atoms with Gasteiger partial charge < -0.3 is 14.6 Å². The summed E-state index contributed by atoms with van der Waals surface area (Å²) in [6.07, 6.45) is 2.20. The van der Waals surface area contributed by atoms with Gasteiger partial charge >= 0.3 is 0 Å². The molecule has 174 valence electrons. The summed E-state index contributed by atoms with van der Waals surface area (Å²) in [5.74, 6) is 1.57. The minimum atomic E-state index is -0.449. The highest BCUT2D eigenvalue weighted by Gasteiger charge is 2.49. The zero-order valence-electron chi connectivity index (χ0n) is 19.6. The van der Waals surface area contributed by atoms with Crippen LogP contribution in [-0.4, -0.2) is 49.0 Å². The number of benzene rings is 3. The molecule has 1 N–H and O–H groups in total. The Morgan fingerprint density at radius 3 is 2.09 bits per heavy atom. The van der Waals surface area contributed by atoms with Crippen molar-refractivity contribution in [2.24, 2.45) is 0 Å². The van der Waals surface area contributed by atoms with Gasteiger partial charge in [0.2, 0.25) is 6.39 Å². The van der Waals surface area contributed by atoms with Crippen LogP contribution in [-0.2, 0) is 10.8 Å². The molecule has 0 spiro atoms. The number of hydrogen-bond acceptors (Lipinski definition) is 6. The number of ether oxygens (including phenoxy) is 1. The van der Waals surface area contributed by atoms with Crippen LogP contribution in [0, 0.1) is 0 Å². The molecule has 1 aliphatic rings. The molecule has 34 heavy (non-hydrogen) atoms. The molecular weight excluding hydrogens is 424 g/mol. The SMILES string of the molecule is COc1ccc(C(CC2(c3ncon3)CNCN(C)C2)(c2ccccc2)c2ccccc2)cc1. The average Bonchev–Trinajstić information content (AvgIpc) is 3.45. The fourth-order valence-corrected chi connectivity index (χ4v) is 5.50. The second kappa shape index (κ2) is 9.41. The number of methoxy groups -OCH3 is 1. The first kappa shape index (κ1) is 22.3. The molecule has 4 aromatic rings. The average molecular weight is 455 g/mol. The van der Waals surface area contributed by atoms with Crippen molar-refractivity contribution in [1.29, 1.82) is 0 Å². The van der Waals surface area contributed by atoms with Crippen molar-refractivity contribution in [2.45, 2.75) is 17.3 Å². The van der Waals surface area contributed by atoms with Gasteiger partial charge in [-0.25, -0.2) is 0 Å². The van der Waals surface area contributed by atoms with Crippen LogP contribution in [0.25, 0.3) is 0 Å². The lowest BCUT2D eigenvalue weighted by Gasteiger charge is -2.47. The monoisotopic (exact) mass is 454 g/mol. The molecule has 1 atom stereocenters. The number of rotatable bonds is 7. The van der Waals surface area contributed by atoms with Crippen LogP contribution in [0.1, 0.15) is 28.9 Å². The first-order valence-electron chi connectivity index (χ1n) is 11.6. The Hall–Kier alpha value is -3.48. The summed E-state index contributed by atoms with van der Waals surface area (Å²) >= 11 is 0. The highest BCUT2D eigenvalue weighted by atomic mass is 16.5. The van der Waals surface area contributed by atoms with E-state index in [2.05, 4.69) is 100 Å². The third-order valence-electron chi connectivity index (χ3n) is 6.97. The van der Waals surface area contributed by atoms with Gasteiger partial charge in [0.15, 0.2) is 5.82 Å². The molecule has 0 amide bonds. The number of nitrogens with zero attached hydrogens (tertiary/aromatic N) is 3. The predicted molar refractivity (Wildman–Crippen MR) is 132 cm³/mol. The summed E-state index contributed by atoms with van der Waals surface area (Å²) in [4.78, 5) is 6.86. The summed E-state index contributed by atoms with van der Waals surface area (Å²) in [5, 5.41) is 7.96. The van der Waals surface area contributed by atoms with E-state index in [4.69, 9.17) is 9.26 Å². The second-order valence-electron chi connectivity index (χ2n) is 9.18. The van der Waals surface area contributed by atoms with E-state index < -0.39 is 5.41 Å². The van der Waals surface area contributed by atoms with Gasteiger partial charge in [0.1, 0.15) is 5.75 Å². The van der Waals surface area contributed by atoms with Crippen LogP contribution in [0.15, 0.2) is 95.8 Å². The van der Waals surface area contributed by atoms with Gasteiger partial charge in [0.05, 0.1) is 12.5 Å². The molecule has 2 heterocycles. The lowest BCUT2D eigenvalue weighted by Crippen LogP contribution is -2.58. The highest BCUT2D eigenvalue weighted by Crippen LogP contribution is 2.48. The molecule has 1 fully saturated rings. The molecule has 5 rings (SSSR count). The predicted octanol–water partition coefficient (Wildman–Crippen LogP) is 4.23. The molecule has 1 aliphatic heterocycles. The molecule has 3 aromatic carbocycles. The van der Waals surface area contributed by atoms with Gasteiger partial charge in [-0.15, -0.1) is 0 Å². The molecule has 1 unspecified atom stereocenters. The maximum absolute atomic E-state index is 5.49. The van der Waals surface area contributed by atoms with E-state index in [0.717, 1.165) is 37.8 Å². The van der Waals surface area contributed by atoms with Crippen LogP contribution in [0.5, 0.6) is 5.75 Å². The fraction of sp³-hybridized carbons (Fsp3) is 0.286. The number of hydrogen-bond donors (Lipinski definition) is 1. The van der Waals surface area contributed by atoms with Crippen molar-refractivity contribution >= 4 is 0 Å². The zero-order valence-corrected chi connectivity index (χ0v) is 19.6. The lowest BCUT2D eigenvalue weighted by atomic mass is 9.60. The van der Waals surface area contributed by atoms with Gasteiger partial charge in [-0.2, -0.15) is 4.98 Å². The molecule has 1 aromatic heterocycles. The van der Waals surface area contributed by atoms with Crippen molar-refractivity contribution < 1.29 is 9.26 Å². The van der Waals surface area contributed by atoms with Crippen LogP contribution >= 0.6 is 0 Å². The summed E-state index contributed by atoms with van der Waals surface area (Å²) in [7, 11) is 3.83.